The highest BCUT2D eigenvalue weighted by Gasteiger charge is 2.42. The molecule has 2 heterocycles. The van der Waals surface area contributed by atoms with Crippen molar-refractivity contribution in [2.45, 2.75) is 76.6 Å². The summed E-state index contributed by atoms with van der Waals surface area (Å²) >= 11 is 0. The van der Waals surface area contributed by atoms with Gasteiger partial charge in [-0.1, -0.05) is 0 Å². The SMILES string of the molecule is CNC1CC2CCC[C@@H](C1)N2C(=O)OC(C)(C)C. The number of rotatable bonds is 1. The molecule has 0 aliphatic carbocycles. The highest BCUT2D eigenvalue weighted by atomic mass is 16.6. The Morgan fingerprint density at radius 1 is 1.22 bits per heavy atom. The van der Waals surface area contributed by atoms with Gasteiger partial charge in [-0.15, -0.1) is 0 Å². The van der Waals surface area contributed by atoms with Crippen LogP contribution >= 0.6 is 0 Å². The molecule has 0 radical (unpaired) electrons. The Morgan fingerprint density at radius 3 is 2.22 bits per heavy atom. The van der Waals surface area contributed by atoms with Crippen LogP contribution in [0.15, 0.2) is 0 Å². The number of carbonyl (C=O) groups excluding carboxylic acids is 1. The summed E-state index contributed by atoms with van der Waals surface area (Å²) < 4.78 is 5.55. The van der Waals surface area contributed by atoms with Crippen molar-refractivity contribution >= 4 is 6.09 Å². The monoisotopic (exact) mass is 254 g/mol. The Hall–Kier alpha value is -0.770. The Kier molecular flexibility index (Phi) is 3.85. The standard InChI is InChI=1S/C14H26N2O2/c1-14(2,3)18-13(17)16-11-6-5-7-12(16)9-10(8-11)15-4/h10-12,15H,5-9H2,1-4H3/t10?,11-,12?/m0/s1. The molecule has 2 unspecified atom stereocenters. The molecule has 0 aromatic heterocycles. The van der Waals surface area contributed by atoms with E-state index in [4.69, 9.17) is 4.74 Å². The van der Waals surface area contributed by atoms with Gasteiger partial charge in [0.25, 0.3) is 0 Å². The molecule has 0 saturated carbocycles. The van der Waals surface area contributed by atoms with Crippen molar-refractivity contribution in [1.29, 1.82) is 0 Å². The highest BCUT2D eigenvalue weighted by Crippen LogP contribution is 2.35. The smallest absolute Gasteiger partial charge is 0.410 e. The Bertz CT molecular complexity index is 297. The number of nitrogens with one attached hydrogen (secondary N) is 1. The lowest BCUT2D eigenvalue weighted by Gasteiger charge is -2.48. The zero-order valence-corrected chi connectivity index (χ0v) is 12.0. The number of hydrogen-bond donors (Lipinski definition) is 1. The molecule has 2 saturated heterocycles. The maximum atomic E-state index is 12.3. The van der Waals surface area contributed by atoms with E-state index in [1.54, 1.807) is 0 Å². The number of carbonyl (C=O) groups is 1. The first-order valence-corrected chi connectivity index (χ1v) is 7.09. The molecular weight excluding hydrogens is 228 g/mol. The number of fused-ring (bicyclic) bond motifs is 2. The number of nitrogens with zero attached hydrogens (tertiary/aromatic N) is 1. The summed E-state index contributed by atoms with van der Waals surface area (Å²) in [4.78, 5) is 14.3. The summed E-state index contributed by atoms with van der Waals surface area (Å²) in [5, 5.41) is 3.36. The van der Waals surface area contributed by atoms with Crippen LogP contribution in [0.5, 0.6) is 0 Å². The first kappa shape index (κ1) is 13.7. The van der Waals surface area contributed by atoms with Crippen molar-refractivity contribution in [3.63, 3.8) is 0 Å². The summed E-state index contributed by atoms with van der Waals surface area (Å²) in [6.07, 6.45) is 5.48. The highest BCUT2D eigenvalue weighted by molar-refractivity contribution is 5.69. The third kappa shape index (κ3) is 2.97. The summed E-state index contributed by atoms with van der Waals surface area (Å²) in [6.45, 7) is 5.79. The lowest BCUT2D eigenvalue weighted by atomic mass is 9.82. The van der Waals surface area contributed by atoms with Crippen molar-refractivity contribution in [1.82, 2.24) is 10.2 Å². The van der Waals surface area contributed by atoms with Crippen LogP contribution in [0.4, 0.5) is 4.79 Å². The third-order valence-corrected chi connectivity index (χ3v) is 3.99. The molecule has 2 rings (SSSR count). The van der Waals surface area contributed by atoms with Crippen LogP contribution in [-0.2, 0) is 4.74 Å². The Balaban J connectivity index is 2.06. The Morgan fingerprint density at radius 2 is 1.78 bits per heavy atom. The second-order valence-corrected chi connectivity index (χ2v) is 6.58. The van der Waals surface area contributed by atoms with E-state index < -0.39 is 5.60 Å². The van der Waals surface area contributed by atoms with E-state index in [-0.39, 0.29) is 6.09 Å². The minimum absolute atomic E-state index is 0.119. The second-order valence-electron chi connectivity index (χ2n) is 6.58. The van der Waals surface area contributed by atoms with Gasteiger partial charge in [-0.05, 0) is 59.9 Å². The predicted octanol–water partition coefficient (Wildman–Crippen LogP) is 2.53. The van der Waals surface area contributed by atoms with Crippen LogP contribution in [0.1, 0.15) is 52.9 Å². The maximum Gasteiger partial charge on any atom is 0.410 e. The molecule has 3 atom stereocenters. The van der Waals surface area contributed by atoms with Gasteiger partial charge in [0.15, 0.2) is 0 Å². The molecule has 0 spiro atoms. The second kappa shape index (κ2) is 5.08. The molecule has 4 nitrogen and oxygen atoms in total. The first-order valence-electron chi connectivity index (χ1n) is 7.09. The van der Waals surface area contributed by atoms with Crippen LogP contribution in [-0.4, -0.2) is 41.8 Å². The van der Waals surface area contributed by atoms with Crippen LogP contribution in [0.25, 0.3) is 0 Å². The van der Waals surface area contributed by atoms with Crippen molar-refractivity contribution in [3.05, 3.63) is 0 Å². The fourth-order valence-electron chi connectivity index (χ4n) is 3.23. The quantitative estimate of drug-likeness (QED) is 0.782. The zero-order chi connectivity index (χ0) is 13.3. The van der Waals surface area contributed by atoms with E-state index in [0.29, 0.717) is 18.1 Å². The van der Waals surface area contributed by atoms with Crippen molar-refractivity contribution in [2.24, 2.45) is 0 Å². The van der Waals surface area contributed by atoms with Crippen molar-refractivity contribution in [2.75, 3.05) is 7.05 Å². The molecule has 18 heavy (non-hydrogen) atoms. The number of hydrogen-bond acceptors (Lipinski definition) is 3. The van der Waals surface area contributed by atoms with Crippen LogP contribution < -0.4 is 5.32 Å². The normalized spacial score (nSPS) is 32.2. The minimum atomic E-state index is -0.398. The zero-order valence-electron chi connectivity index (χ0n) is 12.0. The minimum Gasteiger partial charge on any atom is -0.444 e. The van der Waals surface area contributed by atoms with Crippen LogP contribution in [0, 0.1) is 0 Å². The summed E-state index contributed by atoms with van der Waals surface area (Å²) in [6, 6.07) is 1.29. The van der Waals surface area contributed by atoms with Gasteiger partial charge in [-0.25, -0.2) is 4.79 Å². The van der Waals surface area contributed by atoms with Crippen molar-refractivity contribution < 1.29 is 9.53 Å². The average Bonchev–Trinajstić information content (AvgIpc) is 2.24. The summed E-state index contributed by atoms with van der Waals surface area (Å²) in [5.74, 6) is 0. The molecule has 2 bridgehead atoms. The van der Waals surface area contributed by atoms with E-state index in [0.717, 1.165) is 25.7 Å². The van der Waals surface area contributed by atoms with Gasteiger partial charge in [0.1, 0.15) is 5.60 Å². The van der Waals surface area contributed by atoms with Gasteiger partial charge in [0.2, 0.25) is 0 Å². The van der Waals surface area contributed by atoms with E-state index in [2.05, 4.69) is 5.32 Å². The molecule has 1 N–H and O–H groups in total. The Labute approximate surface area is 110 Å². The van der Waals surface area contributed by atoms with Crippen LogP contribution in [0.3, 0.4) is 0 Å². The molecule has 2 aliphatic rings. The van der Waals surface area contributed by atoms with Gasteiger partial charge in [-0.3, -0.25) is 0 Å². The van der Waals surface area contributed by atoms with E-state index in [1.807, 2.05) is 32.7 Å². The van der Waals surface area contributed by atoms with Crippen LogP contribution in [0.2, 0.25) is 0 Å². The van der Waals surface area contributed by atoms with Gasteiger partial charge >= 0.3 is 6.09 Å². The van der Waals surface area contributed by atoms with Gasteiger partial charge in [0, 0.05) is 18.1 Å². The largest absolute Gasteiger partial charge is 0.444 e. The molecule has 4 heteroatoms. The summed E-state index contributed by atoms with van der Waals surface area (Å²) in [5.41, 5.74) is -0.398. The van der Waals surface area contributed by atoms with E-state index in [1.165, 1.54) is 6.42 Å². The average molecular weight is 254 g/mol. The lowest BCUT2D eigenvalue weighted by molar-refractivity contribution is -0.0229. The summed E-state index contributed by atoms with van der Waals surface area (Å²) in [7, 11) is 2.02. The lowest BCUT2D eigenvalue weighted by Crippen LogP contribution is -2.58. The number of ether oxygens (including phenoxy) is 1. The molecule has 0 aromatic rings. The van der Waals surface area contributed by atoms with Gasteiger partial charge in [-0.2, -0.15) is 0 Å². The van der Waals surface area contributed by atoms with Crippen molar-refractivity contribution in [3.8, 4) is 0 Å². The number of piperidine rings is 2. The molecule has 2 fully saturated rings. The third-order valence-electron chi connectivity index (χ3n) is 3.99. The predicted molar refractivity (Wildman–Crippen MR) is 71.6 cm³/mol. The van der Waals surface area contributed by atoms with E-state index >= 15 is 0 Å². The first-order chi connectivity index (χ1) is 8.40. The maximum absolute atomic E-state index is 12.3. The molecule has 104 valence electrons. The fraction of sp³-hybridized carbons (Fsp3) is 0.929. The molecule has 1 amide bonds. The molecule has 2 aliphatic heterocycles. The molecular formula is C14H26N2O2. The van der Waals surface area contributed by atoms with Gasteiger partial charge in [0.05, 0.1) is 0 Å². The fourth-order valence-corrected chi connectivity index (χ4v) is 3.23. The topological polar surface area (TPSA) is 41.6 Å². The number of amides is 1. The molecule has 0 aromatic carbocycles. The van der Waals surface area contributed by atoms with Gasteiger partial charge < -0.3 is 15.0 Å². The van der Waals surface area contributed by atoms with E-state index in [9.17, 15) is 4.79 Å².